The predicted molar refractivity (Wildman–Crippen MR) is 106 cm³/mol. The second-order valence-electron chi connectivity index (χ2n) is 7.01. The third-order valence-corrected chi connectivity index (χ3v) is 5.61. The van der Waals surface area contributed by atoms with Gasteiger partial charge in [-0.15, -0.1) is 11.8 Å². The third-order valence-electron chi connectivity index (χ3n) is 4.30. The van der Waals surface area contributed by atoms with E-state index in [4.69, 9.17) is 4.74 Å². The van der Waals surface area contributed by atoms with E-state index in [0.29, 0.717) is 24.8 Å². The van der Waals surface area contributed by atoms with Crippen LogP contribution >= 0.6 is 11.8 Å². The first-order valence-electron chi connectivity index (χ1n) is 9.41. The third kappa shape index (κ3) is 5.94. The molecule has 2 rings (SSSR count). The summed E-state index contributed by atoms with van der Waals surface area (Å²) in [5.74, 6) is 0.764. The van der Waals surface area contributed by atoms with Gasteiger partial charge in [-0.2, -0.15) is 0 Å². The first-order valence-corrected chi connectivity index (χ1v) is 10.5. The van der Waals surface area contributed by atoms with E-state index in [0.717, 1.165) is 24.8 Å². The van der Waals surface area contributed by atoms with Gasteiger partial charge in [0, 0.05) is 12.3 Å². The molecular weight excluding hydrogens is 348 g/mol. The molecule has 0 bridgehead atoms. The number of rotatable bonds is 8. The molecule has 0 saturated carbocycles. The van der Waals surface area contributed by atoms with Gasteiger partial charge in [0.15, 0.2) is 0 Å². The summed E-state index contributed by atoms with van der Waals surface area (Å²) in [7, 11) is 0. The molecule has 1 aliphatic rings. The molecule has 0 aromatic heterocycles. The van der Waals surface area contributed by atoms with Crippen molar-refractivity contribution in [2.75, 3.05) is 12.4 Å². The fourth-order valence-electron chi connectivity index (χ4n) is 2.88. The molecule has 1 heterocycles. The molecule has 2 amide bonds. The SMILES string of the molecule is CCCCOC(=O)C1CSC(CC(C)C)N1C(=O)NCc1ccccc1. The quantitative estimate of drug-likeness (QED) is 0.548. The molecule has 0 spiro atoms. The lowest BCUT2D eigenvalue weighted by Crippen LogP contribution is -2.50. The number of unbranched alkanes of at least 4 members (excludes halogenated alkanes) is 1. The van der Waals surface area contributed by atoms with Crippen LogP contribution in [0.5, 0.6) is 0 Å². The highest BCUT2D eigenvalue weighted by molar-refractivity contribution is 8.00. The molecule has 1 aromatic carbocycles. The van der Waals surface area contributed by atoms with Gasteiger partial charge in [0.1, 0.15) is 6.04 Å². The van der Waals surface area contributed by atoms with Crippen LogP contribution in [0.3, 0.4) is 0 Å². The van der Waals surface area contributed by atoms with Gasteiger partial charge in [0.2, 0.25) is 0 Å². The van der Waals surface area contributed by atoms with E-state index >= 15 is 0 Å². The number of hydrogen-bond acceptors (Lipinski definition) is 4. The van der Waals surface area contributed by atoms with Crippen molar-refractivity contribution in [2.24, 2.45) is 5.92 Å². The number of nitrogens with one attached hydrogen (secondary N) is 1. The van der Waals surface area contributed by atoms with Crippen molar-refractivity contribution >= 4 is 23.8 Å². The second-order valence-corrected chi connectivity index (χ2v) is 8.22. The van der Waals surface area contributed by atoms with Crippen LogP contribution in [0.25, 0.3) is 0 Å². The number of carbonyl (C=O) groups excluding carboxylic acids is 2. The summed E-state index contributed by atoms with van der Waals surface area (Å²) in [5.41, 5.74) is 1.04. The zero-order valence-electron chi connectivity index (χ0n) is 15.9. The summed E-state index contributed by atoms with van der Waals surface area (Å²) < 4.78 is 5.39. The molecule has 26 heavy (non-hydrogen) atoms. The number of thioether (sulfide) groups is 1. The Kier molecular flexibility index (Phi) is 8.29. The van der Waals surface area contributed by atoms with Crippen molar-refractivity contribution in [1.82, 2.24) is 10.2 Å². The Balaban J connectivity index is 2.02. The summed E-state index contributed by atoms with van der Waals surface area (Å²) >= 11 is 1.67. The van der Waals surface area contributed by atoms with Gasteiger partial charge in [0.25, 0.3) is 0 Å². The first-order chi connectivity index (χ1) is 12.5. The largest absolute Gasteiger partial charge is 0.464 e. The second kappa shape index (κ2) is 10.5. The normalized spacial score (nSPS) is 19.6. The van der Waals surface area contributed by atoms with Gasteiger partial charge >= 0.3 is 12.0 Å². The smallest absolute Gasteiger partial charge is 0.329 e. The number of urea groups is 1. The first kappa shape index (κ1) is 20.6. The Morgan fingerprint density at radius 2 is 2.04 bits per heavy atom. The standard InChI is InChI=1S/C20H30N2O3S/c1-4-5-11-25-19(23)17-14-26-18(12-15(2)3)22(17)20(24)21-13-16-9-7-6-8-10-16/h6-10,15,17-18H,4-5,11-14H2,1-3H3,(H,21,24). The molecule has 1 aliphatic heterocycles. The molecule has 2 atom stereocenters. The minimum absolute atomic E-state index is 0.00879. The number of hydrogen-bond donors (Lipinski definition) is 1. The maximum absolute atomic E-state index is 12.8. The van der Waals surface area contributed by atoms with Crippen molar-refractivity contribution in [1.29, 1.82) is 0 Å². The van der Waals surface area contributed by atoms with Crippen molar-refractivity contribution in [3.05, 3.63) is 35.9 Å². The summed E-state index contributed by atoms with van der Waals surface area (Å²) in [5, 5.41) is 2.97. The zero-order chi connectivity index (χ0) is 18.9. The molecule has 1 fully saturated rings. The van der Waals surface area contributed by atoms with Crippen LogP contribution in [-0.2, 0) is 16.1 Å². The number of esters is 1. The van der Waals surface area contributed by atoms with Crippen molar-refractivity contribution in [3.63, 3.8) is 0 Å². The van der Waals surface area contributed by atoms with E-state index in [1.54, 1.807) is 16.7 Å². The lowest BCUT2D eigenvalue weighted by Gasteiger charge is -2.29. The monoisotopic (exact) mass is 378 g/mol. The number of carbonyl (C=O) groups is 2. The minimum Gasteiger partial charge on any atom is -0.464 e. The summed E-state index contributed by atoms with van der Waals surface area (Å²) in [6.07, 6.45) is 2.69. The molecule has 6 heteroatoms. The summed E-state index contributed by atoms with van der Waals surface area (Å²) in [4.78, 5) is 27.0. The van der Waals surface area contributed by atoms with Gasteiger partial charge in [-0.3, -0.25) is 4.90 Å². The summed E-state index contributed by atoms with van der Waals surface area (Å²) in [6.45, 7) is 7.19. The van der Waals surface area contributed by atoms with E-state index in [1.807, 2.05) is 30.3 Å². The molecule has 0 aliphatic carbocycles. The maximum Gasteiger partial charge on any atom is 0.329 e. The predicted octanol–water partition coefficient (Wildman–Crippen LogP) is 4.03. The van der Waals surface area contributed by atoms with Crippen molar-refractivity contribution in [2.45, 2.75) is 58.0 Å². The fraction of sp³-hybridized carbons (Fsp3) is 0.600. The molecular formula is C20H30N2O3S. The number of ether oxygens (including phenoxy) is 1. The average molecular weight is 379 g/mol. The Hall–Kier alpha value is -1.69. The van der Waals surface area contributed by atoms with E-state index < -0.39 is 6.04 Å². The Morgan fingerprint density at radius 1 is 1.31 bits per heavy atom. The molecule has 2 unspecified atom stereocenters. The topological polar surface area (TPSA) is 58.6 Å². The summed E-state index contributed by atoms with van der Waals surface area (Å²) in [6, 6.07) is 9.09. The van der Waals surface area contributed by atoms with Crippen LogP contribution in [0.4, 0.5) is 4.79 Å². The van der Waals surface area contributed by atoms with Gasteiger partial charge < -0.3 is 10.1 Å². The van der Waals surface area contributed by atoms with Crippen LogP contribution in [-0.4, -0.2) is 40.7 Å². The van der Waals surface area contributed by atoms with Crippen LogP contribution < -0.4 is 5.32 Å². The highest BCUT2D eigenvalue weighted by Gasteiger charge is 2.42. The molecule has 5 nitrogen and oxygen atoms in total. The van der Waals surface area contributed by atoms with E-state index in [-0.39, 0.29) is 17.4 Å². The van der Waals surface area contributed by atoms with Gasteiger partial charge in [-0.05, 0) is 24.3 Å². The Bertz CT molecular complexity index is 580. The molecule has 1 saturated heterocycles. The maximum atomic E-state index is 12.8. The van der Waals surface area contributed by atoms with Gasteiger partial charge in [-0.25, -0.2) is 9.59 Å². The average Bonchev–Trinajstić information content (AvgIpc) is 3.03. The minimum atomic E-state index is -0.503. The molecule has 144 valence electrons. The molecule has 1 N–H and O–H groups in total. The molecule has 1 aromatic rings. The highest BCUT2D eigenvalue weighted by Crippen LogP contribution is 2.34. The van der Waals surface area contributed by atoms with Crippen LogP contribution in [0, 0.1) is 5.92 Å². The Morgan fingerprint density at radius 3 is 2.69 bits per heavy atom. The lowest BCUT2D eigenvalue weighted by molar-refractivity contribution is -0.148. The van der Waals surface area contributed by atoms with E-state index in [9.17, 15) is 9.59 Å². The van der Waals surface area contributed by atoms with Gasteiger partial charge in [0.05, 0.1) is 12.0 Å². The van der Waals surface area contributed by atoms with E-state index in [2.05, 4.69) is 26.1 Å². The number of nitrogens with zero attached hydrogens (tertiary/aromatic N) is 1. The van der Waals surface area contributed by atoms with Gasteiger partial charge in [-0.1, -0.05) is 57.5 Å². The van der Waals surface area contributed by atoms with Crippen molar-refractivity contribution < 1.29 is 14.3 Å². The van der Waals surface area contributed by atoms with Crippen molar-refractivity contribution in [3.8, 4) is 0 Å². The zero-order valence-corrected chi connectivity index (χ0v) is 16.8. The highest BCUT2D eigenvalue weighted by atomic mass is 32.2. The lowest BCUT2D eigenvalue weighted by atomic mass is 10.1. The van der Waals surface area contributed by atoms with Crippen LogP contribution in [0.1, 0.15) is 45.6 Å². The number of benzene rings is 1. The van der Waals surface area contributed by atoms with E-state index in [1.165, 1.54) is 0 Å². The fourth-order valence-corrected chi connectivity index (χ4v) is 4.51. The van der Waals surface area contributed by atoms with Crippen LogP contribution in [0.15, 0.2) is 30.3 Å². The number of amides is 2. The molecule has 0 radical (unpaired) electrons. The Labute approximate surface area is 160 Å². The van der Waals surface area contributed by atoms with Crippen LogP contribution in [0.2, 0.25) is 0 Å².